The van der Waals surface area contributed by atoms with E-state index in [0.717, 1.165) is 29.0 Å². The van der Waals surface area contributed by atoms with Gasteiger partial charge in [0.25, 0.3) is 5.91 Å². The maximum absolute atomic E-state index is 12.6. The lowest BCUT2D eigenvalue weighted by Gasteiger charge is -2.15. The molecule has 138 valence electrons. The van der Waals surface area contributed by atoms with Crippen LogP contribution >= 0.6 is 0 Å². The Labute approximate surface area is 161 Å². The Morgan fingerprint density at radius 3 is 2.82 bits per heavy atom. The lowest BCUT2D eigenvalue weighted by molar-refractivity contribution is 0.0784. The molecule has 0 aliphatic carbocycles. The minimum absolute atomic E-state index is 0.0364. The number of aromatic nitrogens is 5. The summed E-state index contributed by atoms with van der Waals surface area (Å²) in [6.45, 7) is 1.30. The van der Waals surface area contributed by atoms with Crippen molar-refractivity contribution in [2.75, 3.05) is 13.1 Å². The molecule has 7 nitrogen and oxygen atoms in total. The molecule has 0 N–H and O–H groups in total. The molecular formula is C21H18N6O. The molecule has 4 aromatic rings. The van der Waals surface area contributed by atoms with Gasteiger partial charge in [-0.15, -0.1) is 0 Å². The molecule has 0 aromatic carbocycles. The highest BCUT2D eigenvalue weighted by Crippen LogP contribution is 2.27. The van der Waals surface area contributed by atoms with Gasteiger partial charge in [-0.1, -0.05) is 12.1 Å². The molecule has 1 amide bonds. The fourth-order valence-electron chi connectivity index (χ4n) is 3.58. The predicted octanol–water partition coefficient (Wildman–Crippen LogP) is 2.82. The van der Waals surface area contributed by atoms with E-state index in [1.807, 2.05) is 53.7 Å². The molecule has 7 heteroatoms. The number of fused-ring (bicyclic) bond motifs is 1. The molecule has 1 aliphatic rings. The molecule has 1 saturated heterocycles. The highest BCUT2D eigenvalue weighted by atomic mass is 16.2. The SMILES string of the molecule is O=C(c1ccccn1)N1CC[C@H](c2nc3ccc(-c4cccnc4)cn3n2)C1. The van der Waals surface area contributed by atoms with E-state index in [4.69, 9.17) is 0 Å². The van der Waals surface area contributed by atoms with Crippen molar-refractivity contribution in [3.63, 3.8) is 0 Å². The zero-order chi connectivity index (χ0) is 18.9. The van der Waals surface area contributed by atoms with Gasteiger partial charge < -0.3 is 4.90 Å². The molecule has 5 rings (SSSR count). The number of hydrogen-bond acceptors (Lipinski definition) is 5. The molecule has 5 heterocycles. The molecule has 0 spiro atoms. The lowest BCUT2D eigenvalue weighted by Crippen LogP contribution is -2.29. The molecular weight excluding hydrogens is 352 g/mol. The van der Waals surface area contributed by atoms with Crippen molar-refractivity contribution in [2.24, 2.45) is 0 Å². The number of pyridine rings is 3. The van der Waals surface area contributed by atoms with Crippen LogP contribution in [0.1, 0.15) is 28.7 Å². The fraction of sp³-hybridized carbons (Fsp3) is 0.190. The molecule has 0 bridgehead atoms. The van der Waals surface area contributed by atoms with E-state index in [-0.39, 0.29) is 11.8 Å². The minimum atomic E-state index is -0.0364. The van der Waals surface area contributed by atoms with Crippen LogP contribution < -0.4 is 0 Å². The molecule has 1 atom stereocenters. The summed E-state index contributed by atoms with van der Waals surface area (Å²) in [6, 6.07) is 13.3. The van der Waals surface area contributed by atoms with Crippen molar-refractivity contribution in [1.82, 2.24) is 29.5 Å². The number of carbonyl (C=O) groups excluding carboxylic acids is 1. The minimum Gasteiger partial charge on any atom is -0.337 e. The van der Waals surface area contributed by atoms with Crippen molar-refractivity contribution in [3.8, 4) is 11.1 Å². The summed E-state index contributed by atoms with van der Waals surface area (Å²) in [6.07, 6.45) is 8.05. The highest BCUT2D eigenvalue weighted by Gasteiger charge is 2.31. The average molecular weight is 370 g/mol. The lowest BCUT2D eigenvalue weighted by atomic mass is 10.1. The molecule has 28 heavy (non-hydrogen) atoms. The van der Waals surface area contributed by atoms with Crippen LogP contribution in [0.2, 0.25) is 0 Å². The average Bonchev–Trinajstić information content (AvgIpc) is 3.41. The van der Waals surface area contributed by atoms with Gasteiger partial charge in [0.05, 0.1) is 0 Å². The standard InChI is InChI=1S/C21H18N6O/c28-21(18-5-1-2-10-23-18)26-11-8-17(13-26)20-24-19-7-6-16(14-27(19)25-20)15-4-3-9-22-12-15/h1-7,9-10,12,14,17H,8,11,13H2/t17-/m0/s1. The summed E-state index contributed by atoms with van der Waals surface area (Å²) < 4.78 is 1.81. The summed E-state index contributed by atoms with van der Waals surface area (Å²) in [7, 11) is 0. The zero-order valence-electron chi connectivity index (χ0n) is 15.1. The van der Waals surface area contributed by atoms with Crippen LogP contribution in [0.4, 0.5) is 0 Å². The highest BCUT2D eigenvalue weighted by molar-refractivity contribution is 5.92. The van der Waals surface area contributed by atoms with Gasteiger partial charge in [0.1, 0.15) is 5.69 Å². The summed E-state index contributed by atoms with van der Waals surface area (Å²) in [5.74, 6) is 0.875. The Morgan fingerprint density at radius 2 is 2.00 bits per heavy atom. The first-order valence-electron chi connectivity index (χ1n) is 9.25. The van der Waals surface area contributed by atoms with Crippen molar-refractivity contribution in [2.45, 2.75) is 12.3 Å². The van der Waals surface area contributed by atoms with Gasteiger partial charge in [-0.05, 0) is 36.8 Å². The smallest absolute Gasteiger partial charge is 0.272 e. The molecule has 0 unspecified atom stereocenters. The van der Waals surface area contributed by atoms with Crippen LogP contribution in [-0.2, 0) is 0 Å². The first-order valence-corrected chi connectivity index (χ1v) is 9.25. The van der Waals surface area contributed by atoms with Crippen molar-refractivity contribution in [3.05, 3.63) is 78.8 Å². The van der Waals surface area contributed by atoms with Gasteiger partial charge in [0.2, 0.25) is 0 Å². The van der Waals surface area contributed by atoms with E-state index in [9.17, 15) is 4.79 Å². The van der Waals surface area contributed by atoms with Gasteiger partial charge in [-0.25, -0.2) is 9.50 Å². The second-order valence-electron chi connectivity index (χ2n) is 6.88. The van der Waals surface area contributed by atoms with Crippen LogP contribution in [0.3, 0.4) is 0 Å². The van der Waals surface area contributed by atoms with Gasteiger partial charge in [-0.3, -0.25) is 14.8 Å². The zero-order valence-corrected chi connectivity index (χ0v) is 15.1. The third kappa shape index (κ3) is 3.00. The molecule has 4 aromatic heterocycles. The van der Waals surface area contributed by atoms with E-state index in [2.05, 4.69) is 20.1 Å². The number of likely N-dealkylation sites (tertiary alicyclic amines) is 1. The summed E-state index contributed by atoms with van der Waals surface area (Å²) >= 11 is 0. The van der Waals surface area contributed by atoms with Gasteiger partial charge in [-0.2, -0.15) is 5.10 Å². The van der Waals surface area contributed by atoms with Gasteiger partial charge in [0.15, 0.2) is 11.5 Å². The summed E-state index contributed by atoms with van der Waals surface area (Å²) in [5.41, 5.74) is 3.36. The number of rotatable bonds is 3. The van der Waals surface area contributed by atoms with Crippen molar-refractivity contribution < 1.29 is 4.79 Å². The molecule has 1 fully saturated rings. The Hall–Kier alpha value is -3.61. The normalized spacial score (nSPS) is 16.6. The van der Waals surface area contributed by atoms with Crippen LogP contribution in [0.5, 0.6) is 0 Å². The summed E-state index contributed by atoms with van der Waals surface area (Å²) in [4.78, 5) is 27.5. The third-order valence-electron chi connectivity index (χ3n) is 5.07. The molecule has 0 radical (unpaired) electrons. The Bertz CT molecular complexity index is 1130. The first-order chi connectivity index (χ1) is 13.8. The van der Waals surface area contributed by atoms with Gasteiger partial charge in [0, 0.05) is 54.9 Å². The second kappa shape index (κ2) is 6.84. The number of carbonyl (C=O) groups is 1. The van der Waals surface area contributed by atoms with E-state index >= 15 is 0 Å². The van der Waals surface area contributed by atoms with Crippen LogP contribution in [-0.4, -0.2) is 48.5 Å². The van der Waals surface area contributed by atoms with Crippen molar-refractivity contribution in [1.29, 1.82) is 0 Å². The molecule has 1 aliphatic heterocycles. The predicted molar refractivity (Wildman–Crippen MR) is 104 cm³/mol. The monoisotopic (exact) mass is 370 g/mol. The second-order valence-corrected chi connectivity index (χ2v) is 6.88. The Kier molecular flexibility index (Phi) is 4.05. The van der Waals surface area contributed by atoms with Gasteiger partial charge >= 0.3 is 0 Å². The summed E-state index contributed by atoms with van der Waals surface area (Å²) in [5, 5.41) is 4.68. The van der Waals surface area contributed by atoms with E-state index in [1.165, 1.54) is 0 Å². The number of amides is 1. The maximum Gasteiger partial charge on any atom is 0.272 e. The maximum atomic E-state index is 12.6. The first kappa shape index (κ1) is 16.6. The fourth-order valence-corrected chi connectivity index (χ4v) is 3.58. The van der Waals surface area contributed by atoms with E-state index in [0.29, 0.717) is 18.8 Å². The quantitative estimate of drug-likeness (QED) is 0.554. The van der Waals surface area contributed by atoms with E-state index in [1.54, 1.807) is 23.0 Å². The number of nitrogens with zero attached hydrogens (tertiary/aromatic N) is 6. The Balaban J connectivity index is 1.37. The largest absolute Gasteiger partial charge is 0.337 e. The number of hydrogen-bond donors (Lipinski definition) is 0. The van der Waals surface area contributed by atoms with Crippen LogP contribution in [0.25, 0.3) is 16.8 Å². The van der Waals surface area contributed by atoms with E-state index < -0.39 is 0 Å². The van der Waals surface area contributed by atoms with Crippen LogP contribution in [0.15, 0.2) is 67.3 Å². The third-order valence-corrected chi connectivity index (χ3v) is 5.07. The van der Waals surface area contributed by atoms with Crippen LogP contribution in [0, 0.1) is 0 Å². The molecule has 0 saturated carbocycles. The Morgan fingerprint density at radius 1 is 1.04 bits per heavy atom. The van der Waals surface area contributed by atoms with Crippen molar-refractivity contribution >= 4 is 11.6 Å². The topological polar surface area (TPSA) is 76.3 Å².